The van der Waals surface area contributed by atoms with Crippen LogP contribution < -0.4 is 14.2 Å². The van der Waals surface area contributed by atoms with Gasteiger partial charge in [-0.1, -0.05) is 48.4 Å². The van der Waals surface area contributed by atoms with E-state index < -0.39 is 15.9 Å². The average Bonchev–Trinajstić information content (AvgIpc) is 2.90. The maximum Gasteiger partial charge on any atom is 0.281 e. The predicted octanol–water partition coefficient (Wildman–Crippen LogP) is 6.42. The van der Waals surface area contributed by atoms with E-state index in [0.29, 0.717) is 34.4 Å². The Balaban J connectivity index is 1.78. The Hall–Kier alpha value is -3.95. The summed E-state index contributed by atoms with van der Waals surface area (Å²) in [7, 11) is -4.23. The molecule has 0 atom stereocenters. The van der Waals surface area contributed by atoms with E-state index in [1.165, 1.54) is 24.4 Å². The summed E-state index contributed by atoms with van der Waals surface area (Å²) in [6, 6.07) is 16.6. The van der Waals surface area contributed by atoms with E-state index in [4.69, 9.17) is 21.1 Å². The minimum atomic E-state index is -4.23. The molecule has 4 aromatic rings. The molecule has 0 spiro atoms. The lowest BCUT2D eigenvalue weighted by molar-refractivity contribution is 0.0978. The number of ether oxygens (including phenoxy) is 2. The molecule has 0 aliphatic carbocycles. The number of halogens is 1. The number of pyridine rings is 2. The highest BCUT2D eigenvalue weighted by Crippen LogP contribution is 2.34. The number of amides is 1. The third-order valence-corrected chi connectivity index (χ3v) is 7.30. The van der Waals surface area contributed by atoms with Gasteiger partial charge in [-0.15, -0.1) is 0 Å². The number of hydrogen-bond donors (Lipinski definition) is 1. The van der Waals surface area contributed by atoms with Crippen molar-refractivity contribution in [1.82, 2.24) is 14.7 Å². The molecule has 0 saturated carbocycles. The lowest BCUT2D eigenvalue weighted by Crippen LogP contribution is -2.31. The van der Waals surface area contributed by atoms with Gasteiger partial charge in [0, 0.05) is 11.8 Å². The van der Waals surface area contributed by atoms with Crippen LogP contribution >= 0.6 is 11.6 Å². The van der Waals surface area contributed by atoms with Crippen molar-refractivity contribution < 1.29 is 22.7 Å². The minimum Gasteiger partial charge on any atom is -0.492 e. The zero-order chi connectivity index (χ0) is 28.2. The highest BCUT2D eigenvalue weighted by atomic mass is 35.5. The van der Waals surface area contributed by atoms with Crippen LogP contribution in [0.1, 0.15) is 40.4 Å². The van der Waals surface area contributed by atoms with Crippen LogP contribution in [0, 0.1) is 20.8 Å². The second-order valence-electron chi connectivity index (χ2n) is 8.98. The van der Waals surface area contributed by atoms with Crippen molar-refractivity contribution in [3.63, 3.8) is 0 Å². The Labute approximate surface area is 233 Å². The molecule has 0 radical (unpaired) electrons. The fraction of sp³-hybridized carbons (Fsp3) is 0.207. The molecule has 10 heteroatoms. The first-order valence-corrected chi connectivity index (χ1v) is 14.1. The van der Waals surface area contributed by atoms with E-state index in [9.17, 15) is 13.2 Å². The number of nitrogens with one attached hydrogen (secondary N) is 1. The van der Waals surface area contributed by atoms with E-state index >= 15 is 0 Å². The molecule has 2 heterocycles. The molecule has 2 aromatic carbocycles. The van der Waals surface area contributed by atoms with Crippen LogP contribution in [0.15, 0.2) is 71.9 Å². The van der Waals surface area contributed by atoms with Crippen molar-refractivity contribution in [2.24, 2.45) is 0 Å². The van der Waals surface area contributed by atoms with Gasteiger partial charge in [-0.05, 0) is 74.7 Å². The molecule has 0 aliphatic rings. The summed E-state index contributed by atoms with van der Waals surface area (Å²) in [4.78, 5) is 21.7. The summed E-state index contributed by atoms with van der Waals surface area (Å²) in [5.41, 5.74) is 3.84. The smallest absolute Gasteiger partial charge is 0.281 e. The van der Waals surface area contributed by atoms with E-state index in [1.807, 2.05) is 39.8 Å². The number of sulfonamides is 1. The molecule has 0 bridgehead atoms. The second-order valence-corrected chi connectivity index (χ2v) is 11.0. The number of hydrogen-bond acceptors (Lipinski definition) is 7. The van der Waals surface area contributed by atoms with Crippen molar-refractivity contribution in [3.05, 3.63) is 94.1 Å². The molecule has 202 valence electrons. The van der Waals surface area contributed by atoms with Crippen molar-refractivity contribution in [2.75, 3.05) is 6.61 Å². The molecule has 0 aliphatic heterocycles. The number of aromatic nitrogens is 2. The normalized spacial score (nSPS) is 11.2. The van der Waals surface area contributed by atoms with Gasteiger partial charge in [-0.3, -0.25) is 4.79 Å². The largest absolute Gasteiger partial charge is 0.492 e. The van der Waals surface area contributed by atoms with Gasteiger partial charge < -0.3 is 9.47 Å². The SMILES string of the molecule is CCCOc1cc(-c2ccc(C(=O)NS(=O)(=O)c3ccccn3)c(Oc3c(C)cc(C)cc3C)n2)ccc1Cl. The Morgan fingerprint density at radius 2 is 1.74 bits per heavy atom. The second kappa shape index (κ2) is 11.8. The van der Waals surface area contributed by atoms with Crippen LogP contribution in [0.3, 0.4) is 0 Å². The summed E-state index contributed by atoms with van der Waals surface area (Å²) in [5.74, 6) is 0.0752. The summed E-state index contributed by atoms with van der Waals surface area (Å²) in [6.45, 7) is 8.25. The summed E-state index contributed by atoms with van der Waals surface area (Å²) >= 11 is 6.30. The van der Waals surface area contributed by atoms with E-state index in [2.05, 4.69) is 14.7 Å². The number of rotatable bonds is 9. The van der Waals surface area contributed by atoms with Crippen molar-refractivity contribution in [3.8, 4) is 28.6 Å². The maximum absolute atomic E-state index is 13.3. The fourth-order valence-electron chi connectivity index (χ4n) is 4.00. The number of nitrogens with zero attached hydrogens (tertiary/aromatic N) is 2. The topological polar surface area (TPSA) is 107 Å². The van der Waals surface area contributed by atoms with Gasteiger partial charge in [0.15, 0.2) is 5.03 Å². The summed E-state index contributed by atoms with van der Waals surface area (Å²) < 4.78 is 39.6. The van der Waals surface area contributed by atoms with E-state index in [1.54, 1.807) is 30.3 Å². The maximum atomic E-state index is 13.3. The minimum absolute atomic E-state index is 0.0535. The number of aryl methyl sites for hydroxylation is 3. The number of carbonyl (C=O) groups excluding carboxylic acids is 1. The standard InChI is InChI=1S/C29H28ClN3O5S/c1-5-14-37-25-17-21(9-11-23(25)30)24-12-10-22(28(34)33-39(35,36)26-8-6-7-13-31-26)29(32-24)38-27-19(3)15-18(2)16-20(27)4/h6-13,15-17H,5,14H2,1-4H3,(H,33,34). The first kappa shape index (κ1) is 28.1. The zero-order valence-corrected chi connectivity index (χ0v) is 23.6. The monoisotopic (exact) mass is 565 g/mol. The van der Waals surface area contributed by atoms with Crippen molar-refractivity contribution >= 4 is 27.5 Å². The molecule has 0 saturated heterocycles. The fourth-order valence-corrected chi connectivity index (χ4v) is 5.08. The van der Waals surface area contributed by atoms with Crippen LogP contribution in [0.2, 0.25) is 5.02 Å². The quantitative estimate of drug-likeness (QED) is 0.249. The molecular weight excluding hydrogens is 538 g/mol. The van der Waals surface area contributed by atoms with Gasteiger partial charge in [0.05, 0.1) is 17.3 Å². The molecule has 39 heavy (non-hydrogen) atoms. The van der Waals surface area contributed by atoms with Crippen molar-refractivity contribution in [1.29, 1.82) is 0 Å². The van der Waals surface area contributed by atoms with Crippen LogP contribution in [0.25, 0.3) is 11.3 Å². The van der Waals surface area contributed by atoms with E-state index in [0.717, 1.165) is 23.1 Å². The Kier molecular flexibility index (Phi) is 8.52. The average molecular weight is 566 g/mol. The van der Waals surface area contributed by atoms with Gasteiger partial charge >= 0.3 is 0 Å². The molecule has 4 rings (SSSR count). The van der Waals surface area contributed by atoms with Crippen LogP contribution in [0.5, 0.6) is 17.4 Å². The molecule has 1 N–H and O–H groups in total. The lowest BCUT2D eigenvalue weighted by Gasteiger charge is -2.16. The lowest BCUT2D eigenvalue weighted by atomic mass is 10.1. The zero-order valence-electron chi connectivity index (χ0n) is 22.0. The van der Waals surface area contributed by atoms with Crippen molar-refractivity contribution in [2.45, 2.75) is 39.1 Å². The Morgan fingerprint density at radius 3 is 2.41 bits per heavy atom. The number of benzene rings is 2. The summed E-state index contributed by atoms with van der Waals surface area (Å²) in [6.07, 6.45) is 2.15. The highest BCUT2D eigenvalue weighted by molar-refractivity contribution is 7.90. The van der Waals surface area contributed by atoms with Gasteiger partial charge in [0.2, 0.25) is 5.88 Å². The molecule has 0 unspecified atom stereocenters. The van der Waals surface area contributed by atoms with E-state index in [-0.39, 0.29) is 16.5 Å². The van der Waals surface area contributed by atoms with Gasteiger partial charge in [-0.2, -0.15) is 8.42 Å². The molecule has 2 aromatic heterocycles. The first-order chi connectivity index (χ1) is 18.6. The summed E-state index contributed by atoms with van der Waals surface area (Å²) in [5, 5.41) is 0.182. The molecule has 1 amide bonds. The van der Waals surface area contributed by atoms with Gasteiger partial charge in [-0.25, -0.2) is 14.7 Å². The highest BCUT2D eigenvalue weighted by Gasteiger charge is 2.24. The van der Waals surface area contributed by atoms with Crippen LogP contribution in [0.4, 0.5) is 0 Å². The third kappa shape index (κ3) is 6.55. The Bertz CT molecular complexity index is 1600. The van der Waals surface area contributed by atoms with Crippen LogP contribution in [-0.4, -0.2) is 30.9 Å². The van der Waals surface area contributed by atoms with Gasteiger partial charge in [0.1, 0.15) is 17.1 Å². The van der Waals surface area contributed by atoms with Crippen LogP contribution in [-0.2, 0) is 10.0 Å². The predicted molar refractivity (Wildman–Crippen MR) is 150 cm³/mol. The molecule has 0 fully saturated rings. The molecule has 8 nitrogen and oxygen atoms in total. The Morgan fingerprint density at radius 1 is 1.00 bits per heavy atom. The molecular formula is C29H28ClN3O5S. The number of carbonyl (C=O) groups is 1. The third-order valence-electron chi connectivity index (χ3n) is 5.74. The van der Waals surface area contributed by atoms with Gasteiger partial charge in [0.25, 0.3) is 15.9 Å². The first-order valence-electron chi connectivity index (χ1n) is 12.3.